The van der Waals surface area contributed by atoms with Gasteiger partial charge in [-0.1, -0.05) is 61.6 Å². The Hall–Kier alpha value is -2.53. The van der Waals surface area contributed by atoms with Crippen molar-refractivity contribution in [3.8, 4) is 11.8 Å². The minimum absolute atomic E-state index is 0.0728. The first-order valence-corrected chi connectivity index (χ1v) is 7.22. The van der Waals surface area contributed by atoms with Crippen LogP contribution in [-0.4, -0.2) is 11.9 Å². The second-order valence-corrected chi connectivity index (χ2v) is 4.82. The quantitative estimate of drug-likeness (QED) is 0.849. The summed E-state index contributed by atoms with van der Waals surface area (Å²) in [7, 11) is 0. The van der Waals surface area contributed by atoms with E-state index < -0.39 is 0 Å². The zero-order chi connectivity index (χ0) is 14.9. The first-order valence-electron chi connectivity index (χ1n) is 7.22. The van der Waals surface area contributed by atoms with Gasteiger partial charge in [0.15, 0.2) is 0 Å². The molecule has 0 bridgehead atoms. The third-order valence-electron chi connectivity index (χ3n) is 3.08. The highest BCUT2D eigenvalue weighted by atomic mass is 16.1. The Labute approximate surface area is 126 Å². The van der Waals surface area contributed by atoms with E-state index in [-0.39, 0.29) is 11.9 Å². The van der Waals surface area contributed by atoms with Gasteiger partial charge in [0.05, 0.1) is 6.04 Å². The van der Waals surface area contributed by atoms with E-state index in [0.717, 1.165) is 18.4 Å². The number of rotatable bonds is 4. The van der Waals surface area contributed by atoms with Crippen LogP contribution < -0.4 is 5.32 Å². The summed E-state index contributed by atoms with van der Waals surface area (Å²) < 4.78 is 0. The molecule has 2 rings (SSSR count). The topological polar surface area (TPSA) is 29.1 Å². The normalized spacial score (nSPS) is 11.1. The van der Waals surface area contributed by atoms with Crippen molar-refractivity contribution >= 4 is 5.91 Å². The van der Waals surface area contributed by atoms with Gasteiger partial charge in [0.1, 0.15) is 0 Å². The summed E-state index contributed by atoms with van der Waals surface area (Å²) in [5, 5.41) is 2.99. The molecule has 2 nitrogen and oxygen atoms in total. The minimum Gasteiger partial charge on any atom is -0.338 e. The average Bonchev–Trinajstić information content (AvgIpc) is 2.54. The van der Waals surface area contributed by atoms with Gasteiger partial charge in [0, 0.05) is 11.1 Å². The van der Waals surface area contributed by atoms with Gasteiger partial charge in [-0.25, -0.2) is 0 Å². The van der Waals surface area contributed by atoms with E-state index in [0.29, 0.717) is 5.56 Å². The Kier molecular flexibility index (Phi) is 5.60. The molecule has 106 valence electrons. The number of amides is 1. The van der Waals surface area contributed by atoms with Crippen molar-refractivity contribution in [1.82, 2.24) is 5.32 Å². The molecular formula is C19H19NO. The second kappa shape index (κ2) is 7.91. The number of carbonyl (C=O) groups excluding carboxylic acids is 1. The van der Waals surface area contributed by atoms with Crippen molar-refractivity contribution in [2.75, 3.05) is 0 Å². The van der Waals surface area contributed by atoms with E-state index >= 15 is 0 Å². The van der Waals surface area contributed by atoms with Gasteiger partial charge in [-0.05, 0) is 30.7 Å². The van der Waals surface area contributed by atoms with Crippen LogP contribution in [0.25, 0.3) is 0 Å². The highest BCUT2D eigenvalue weighted by Crippen LogP contribution is 2.02. The fourth-order valence-corrected chi connectivity index (χ4v) is 1.99. The van der Waals surface area contributed by atoms with Crippen LogP contribution in [-0.2, 0) is 0 Å². The van der Waals surface area contributed by atoms with Crippen LogP contribution in [0.1, 0.15) is 35.7 Å². The van der Waals surface area contributed by atoms with E-state index in [2.05, 4.69) is 24.1 Å². The number of benzene rings is 2. The van der Waals surface area contributed by atoms with Crippen LogP contribution in [0.15, 0.2) is 60.7 Å². The zero-order valence-electron chi connectivity index (χ0n) is 12.2. The summed E-state index contributed by atoms with van der Waals surface area (Å²) in [6.45, 7) is 2.09. The van der Waals surface area contributed by atoms with Crippen LogP contribution in [0.5, 0.6) is 0 Å². The van der Waals surface area contributed by atoms with Gasteiger partial charge in [0.25, 0.3) is 5.91 Å². The monoisotopic (exact) mass is 277 g/mol. The Morgan fingerprint density at radius 3 is 2.29 bits per heavy atom. The lowest BCUT2D eigenvalue weighted by Crippen LogP contribution is -2.33. The number of carbonyl (C=O) groups is 1. The fraction of sp³-hybridized carbons (Fsp3) is 0.211. The summed E-state index contributed by atoms with van der Waals surface area (Å²) in [6.07, 6.45) is 1.82. The molecule has 0 fully saturated rings. The Balaban J connectivity index is 2.06. The third-order valence-corrected chi connectivity index (χ3v) is 3.08. The first-order chi connectivity index (χ1) is 10.3. The molecule has 0 spiro atoms. The van der Waals surface area contributed by atoms with E-state index in [9.17, 15) is 4.79 Å². The van der Waals surface area contributed by atoms with Gasteiger partial charge in [-0.2, -0.15) is 0 Å². The average molecular weight is 277 g/mol. The van der Waals surface area contributed by atoms with Crippen LogP contribution >= 0.6 is 0 Å². The lowest BCUT2D eigenvalue weighted by Gasteiger charge is -2.12. The van der Waals surface area contributed by atoms with Gasteiger partial charge in [-0.15, -0.1) is 0 Å². The van der Waals surface area contributed by atoms with Crippen LogP contribution in [0.4, 0.5) is 0 Å². The van der Waals surface area contributed by atoms with Gasteiger partial charge in [-0.3, -0.25) is 4.79 Å². The van der Waals surface area contributed by atoms with Crippen molar-refractivity contribution in [2.45, 2.75) is 25.8 Å². The summed E-state index contributed by atoms with van der Waals surface area (Å²) in [5.74, 6) is 6.20. The SMILES string of the molecule is CCCC(C#Cc1ccccc1)NC(=O)c1ccccc1. The zero-order valence-corrected chi connectivity index (χ0v) is 12.2. The van der Waals surface area contributed by atoms with Crippen molar-refractivity contribution in [2.24, 2.45) is 0 Å². The number of hydrogen-bond donors (Lipinski definition) is 1. The second-order valence-electron chi connectivity index (χ2n) is 4.82. The van der Waals surface area contributed by atoms with Crippen molar-refractivity contribution < 1.29 is 4.79 Å². The molecule has 1 unspecified atom stereocenters. The third kappa shape index (κ3) is 4.81. The largest absolute Gasteiger partial charge is 0.338 e. The Morgan fingerprint density at radius 1 is 1.05 bits per heavy atom. The Morgan fingerprint density at radius 2 is 1.67 bits per heavy atom. The molecular weight excluding hydrogens is 258 g/mol. The molecule has 0 aromatic heterocycles. The van der Waals surface area contributed by atoms with E-state index in [1.165, 1.54) is 0 Å². The highest BCUT2D eigenvalue weighted by molar-refractivity contribution is 5.94. The van der Waals surface area contributed by atoms with Crippen molar-refractivity contribution in [3.05, 3.63) is 71.8 Å². The molecule has 21 heavy (non-hydrogen) atoms. The summed E-state index contributed by atoms with van der Waals surface area (Å²) in [6, 6.07) is 18.9. The Bertz CT molecular complexity index is 623. The lowest BCUT2D eigenvalue weighted by atomic mass is 10.1. The number of nitrogens with one attached hydrogen (secondary N) is 1. The number of hydrogen-bond acceptors (Lipinski definition) is 1. The van der Waals surface area contributed by atoms with Crippen LogP contribution in [0, 0.1) is 11.8 Å². The van der Waals surface area contributed by atoms with Crippen LogP contribution in [0.2, 0.25) is 0 Å². The van der Waals surface area contributed by atoms with Gasteiger partial charge >= 0.3 is 0 Å². The molecule has 0 radical (unpaired) electrons. The maximum atomic E-state index is 12.2. The molecule has 0 saturated carbocycles. The van der Waals surface area contributed by atoms with Crippen molar-refractivity contribution in [1.29, 1.82) is 0 Å². The molecule has 1 N–H and O–H groups in total. The smallest absolute Gasteiger partial charge is 0.252 e. The molecule has 2 aromatic carbocycles. The van der Waals surface area contributed by atoms with Crippen molar-refractivity contribution in [3.63, 3.8) is 0 Å². The summed E-state index contributed by atoms with van der Waals surface area (Å²) in [5.41, 5.74) is 1.63. The fourth-order valence-electron chi connectivity index (χ4n) is 1.99. The molecule has 1 atom stereocenters. The lowest BCUT2D eigenvalue weighted by molar-refractivity contribution is 0.0944. The first kappa shape index (κ1) is 14.9. The predicted octanol–water partition coefficient (Wildman–Crippen LogP) is 3.64. The summed E-state index contributed by atoms with van der Waals surface area (Å²) in [4.78, 5) is 12.2. The maximum absolute atomic E-state index is 12.2. The van der Waals surface area contributed by atoms with E-state index in [1.807, 2.05) is 60.7 Å². The standard InChI is InChI=1S/C19H19NO/c1-2-9-18(15-14-16-10-5-3-6-11-16)20-19(21)17-12-7-4-8-13-17/h3-8,10-13,18H,2,9H2,1H3,(H,20,21). The molecule has 2 aromatic rings. The minimum atomic E-state index is -0.122. The van der Waals surface area contributed by atoms with Crippen LogP contribution in [0.3, 0.4) is 0 Å². The molecule has 1 amide bonds. The maximum Gasteiger partial charge on any atom is 0.252 e. The van der Waals surface area contributed by atoms with Gasteiger partial charge < -0.3 is 5.32 Å². The molecule has 0 aliphatic rings. The van der Waals surface area contributed by atoms with E-state index in [1.54, 1.807) is 0 Å². The molecule has 0 saturated heterocycles. The summed E-state index contributed by atoms with van der Waals surface area (Å²) >= 11 is 0. The van der Waals surface area contributed by atoms with Gasteiger partial charge in [0.2, 0.25) is 0 Å². The molecule has 0 heterocycles. The van der Waals surface area contributed by atoms with E-state index in [4.69, 9.17) is 0 Å². The molecule has 0 aliphatic heterocycles. The highest BCUT2D eigenvalue weighted by Gasteiger charge is 2.10. The predicted molar refractivity (Wildman–Crippen MR) is 85.9 cm³/mol. The molecule has 0 aliphatic carbocycles. The molecule has 2 heteroatoms.